The maximum absolute atomic E-state index is 12.3. The molecule has 0 amide bonds. The van der Waals surface area contributed by atoms with Crippen molar-refractivity contribution >= 4 is 5.78 Å². The van der Waals surface area contributed by atoms with E-state index in [2.05, 4.69) is 25.7 Å². The van der Waals surface area contributed by atoms with Gasteiger partial charge < -0.3 is 0 Å². The van der Waals surface area contributed by atoms with E-state index in [9.17, 15) is 4.79 Å². The first kappa shape index (κ1) is 15.2. The standard InChI is InChI=1S/C18H27NO/c1-13-6-5-7-17(11-13)18(20)8-9-19-12-14(2)10-15(3)16(19)4/h5-7,11,14-16H,8-10,12H2,1-4H3. The molecule has 1 fully saturated rings. The molecule has 1 aromatic rings. The van der Waals surface area contributed by atoms with Crippen LogP contribution in [0.1, 0.15) is 49.5 Å². The van der Waals surface area contributed by atoms with Crippen LogP contribution in [0.5, 0.6) is 0 Å². The lowest BCUT2D eigenvalue weighted by atomic mass is 9.86. The van der Waals surface area contributed by atoms with Gasteiger partial charge in [0.15, 0.2) is 5.78 Å². The van der Waals surface area contributed by atoms with E-state index >= 15 is 0 Å². The highest BCUT2D eigenvalue weighted by Gasteiger charge is 2.28. The predicted molar refractivity (Wildman–Crippen MR) is 84.1 cm³/mol. The predicted octanol–water partition coefficient (Wildman–Crippen LogP) is 3.93. The normalized spacial score (nSPS) is 27.5. The van der Waals surface area contributed by atoms with Gasteiger partial charge in [-0.05, 0) is 38.2 Å². The van der Waals surface area contributed by atoms with Crippen LogP contribution in [0.3, 0.4) is 0 Å². The SMILES string of the molecule is Cc1cccc(C(=O)CCN2CC(C)CC(C)C2C)c1. The van der Waals surface area contributed by atoms with Gasteiger partial charge in [0.25, 0.3) is 0 Å². The Labute approximate surface area is 123 Å². The number of hydrogen-bond donors (Lipinski definition) is 0. The molecule has 2 heteroatoms. The van der Waals surface area contributed by atoms with Gasteiger partial charge in [0.1, 0.15) is 0 Å². The fourth-order valence-corrected chi connectivity index (χ4v) is 3.34. The maximum Gasteiger partial charge on any atom is 0.164 e. The van der Waals surface area contributed by atoms with Gasteiger partial charge >= 0.3 is 0 Å². The highest BCUT2D eigenvalue weighted by atomic mass is 16.1. The third-order valence-corrected chi connectivity index (χ3v) is 4.69. The van der Waals surface area contributed by atoms with Crippen LogP contribution in [0, 0.1) is 18.8 Å². The molecule has 2 nitrogen and oxygen atoms in total. The number of nitrogens with zero attached hydrogens (tertiary/aromatic N) is 1. The van der Waals surface area contributed by atoms with Crippen LogP contribution in [0.25, 0.3) is 0 Å². The molecule has 1 heterocycles. The Morgan fingerprint density at radius 3 is 2.75 bits per heavy atom. The first-order chi connectivity index (χ1) is 9.47. The van der Waals surface area contributed by atoms with Crippen molar-refractivity contribution in [3.8, 4) is 0 Å². The molecule has 1 aromatic carbocycles. The molecule has 110 valence electrons. The summed E-state index contributed by atoms with van der Waals surface area (Å²) in [6, 6.07) is 8.52. The molecule has 3 atom stereocenters. The fraction of sp³-hybridized carbons (Fsp3) is 0.611. The molecule has 20 heavy (non-hydrogen) atoms. The monoisotopic (exact) mass is 273 g/mol. The Hall–Kier alpha value is -1.15. The summed E-state index contributed by atoms with van der Waals surface area (Å²) in [7, 11) is 0. The van der Waals surface area contributed by atoms with Gasteiger partial charge in [0.2, 0.25) is 0 Å². The first-order valence-electron chi connectivity index (χ1n) is 7.81. The second-order valence-electron chi connectivity index (χ2n) is 6.60. The largest absolute Gasteiger partial charge is 0.300 e. The van der Waals surface area contributed by atoms with Crippen molar-refractivity contribution in [2.75, 3.05) is 13.1 Å². The number of likely N-dealkylation sites (tertiary alicyclic amines) is 1. The summed E-state index contributed by atoms with van der Waals surface area (Å²) in [6.07, 6.45) is 1.94. The topological polar surface area (TPSA) is 20.3 Å². The molecule has 0 radical (unpaired) electrons. The number of hydrogen-bond acceptors (Lipinski definition) is 2. The number of carbonyl (C=O) groups is 1. The quantitative estimate of drug-likeness (QED) is 0.775. The van der Waals surface area contributed by atoms with E-state index in [-0.39, 0.29) is 5.78 Å². The summed E-state index contributed by atoms with van der Waals surface area (Å²) in [5.74, 6) is 1.75. The molecule has 0 N–H and O–H groups in total. The van der Waals surface area contributed by atoms with E-state index < -0.39 is 0 Å². The molecule has 1 aliphatic heterocycles. The molecule has 0 bridgehead atoms. The lowest BCUT2D eigenvalue weighted by molar-refractivity contribution is 0.0721. The maximum atomic E-state index is 12.3. The van der Waals surface area contributed by atoms with Crippen LogP contribution >= 0.6 is 0 Å². The van der Waals surface area contributed by atoms with Gasteiger partial charge in [-0.25, -0.2) is 0 Å². The van der Waals surface area contributed by atoms with Gasteiger partial charge in [0, 0.05) is 31.1 Å². The van der Waals surface area contributed by atoms with Crippen LogP contribution < -0.4 is 0 Å². The Morgan fingerprint density at radius 2 is 2.05 bits per heavy atom. The van der Waals surface area contributed by atoms with Crippen LogP contribution in [0.2, 0.25) is 0 Å². The number of ketones is 1. The molecular weight excluding hydrogens is 246 g/mol. The highest BCUT2D eigenvalue weighted by Crippen LogP contribution is 2.27. The lowest BCUT2D eigenvalue weighted by Crippen LogP contribution is -2.46. The minimum atomic E-state index is 0.270. The Kier molecular flexibility index (Phi) is 4.98. The fourth-order valence-electron chi connectivity index (χ4n) is 3.34. The zero-order valence-electron chi connectivity index (χ0n) is 13.2. The zero-order valence-corrected chi connectivity index (χ0v) is 13.2. The Balaban J connectivity index is 1.92. The third kappa shape index (κ3) is 3.69. The van der Waals surface area contributed by atoms with Crippen LogP contribution in [-0.4, -0.2) is 29.8 Å². The minimum Gasteiger partial charge on any atom is -0.300 e. The second-order valence-corrected chi connectivity index (χ2v) is 6.60. The van der Waals surface area contributed by atoms with Gasteiger partial charge in [-0.3, -0.25) is 9.69 Å². The van der Waals surface area contributed by atoms with Gasteiger partial charge in [-0.2, -0.15) is 0 Å². The van der Waals surface area contributed by atoms with Crippen molar-refractivity contribution in [1.29, 1.82) is 0 Å². The lowest BCUT2D eigenvalue weighted by Gasteiger charge is -2.41. The molecule has 0 spiro atoms. The Morgan fingerprint density at radius 1 is 1.30 bits per heavy atom. The van der Waals surface area contributed by atoms with E-state index in [1.807, 2.05) is 31.2 Å². The molecule has 0 aromatic heterocycles. The van der Waals surface area contributed by atoms with Crippen LogP contribution in [-0.2, 0) is 0 Å². The average Bonchev–Trinajstić information content (AvgIpc) is 2.40. The summed E-state index contributed by atoms with van der Waals surface area (Å²) in [5, 5.41) is 0. The minimum absolute atomic E-state index is 0.270. The molecular formula is C18H27NO. The van der Waals surface area contributed by atoms with E-state index in [1.54, 1.807) is 0 Å². The van der Waals surface area contributed by atoms with E-state index in [4.69, 9.17) is 0 Å². The summed E-state index contributed by atoms with van der Waals surface area (Å²) < 4.78 is 0. The second kappa shape index (κ2) is 6.53. The summed E-state index contributed by atoms with van der Waals surface area (Å²) in [5.41, 5.74) is 2.01. The third-order valence-electron chi connectivity index (χ3n) is 4.69. The van der Waals surface area contributed by atoms with Crippen LogP contribution in [0.15, 0.2) is 24.3 Å². The first-order valence-corrected chi connectivity index (χ1v) is 7.81. The molecule has 2 rings (SSSR count). The molecule has 0 aliphatic carbocycles. The van der Waals surface area contributed by atoms with Crippen molar-refractivity contribution in [3.05, 3.63) is 35.4 Å². The summed E-state index contributed by atoms with van der Waals surface area (Å²) >= 11 is 0. The molecule has 1 saturated heterocycles. The number of piperidine rings is 1. The number of rotatable bonds is 4. The number of aryl methyl sites for hydroxylation is 1. The molecule has 3 unspecified atom stereocenters. The van der Waals surface area contributed by atoms with Crippen molar-refractivity contribution in [2.45, 2.75) is 46.6 Å². The number of carbonyl (C=O) groups excluding carboxylic acids is 1. The zero-order chi connectivity index (χ0) is 14.7. The van der Waals surface area contributed by atoms with Crippen LogP contribution in [0.4, 0.5) is 0 Å². The Bertz CT molecular complexity index is 468. The van der Waals surface area contributed by atoms with Crippen molar-refractivity contribution in [2.24, 2.45) is 11.8 Å². The smallest absolute Gasteiger partial charge is 0.164 e. The van der Waals surface area contributed by atoms with E-state index in [0.29, 0.717) is 12.5 Å². The van der Waals surface area contributed by atoms with E-state index in [1.165, 1.54) is 6.42 Å². The van der Waals surface area contributed by atoms with Crippen molar-refractivity contribution in [1.82, 2.24) is 4.90 Å². The molecule has 1 aliphatic rings. The highest BCUT2D eigenvalue weighted by molar-refractivity contribution is 5.96. The van der Waals surface area contributed by atoms with Gasteiger partial charge in [0.05, 0.1) is 0 Å². The number of benzene rings is 1. The van der Waals surface area contributed by atoms with Gasteiger partial charge in [-0.1, -0.05) is 37.6 Å². The summed E-state index contributed by atoms with van der Waals surface area (Å²) in [6.45, 7) is 11.0. The van der Waals surface area contributed by atoms with Crippen molar-refractivity contribution in [3.63, 3.8) is 0 Å². The average molecular weight is 273 g/mol. The van der Waals surface area contributed by atoms with Crippen molar-refractivity contribution < 1.29 is 4.79 Å². The molecule has 0 saturated carbocycles. The summed E-state index contributed by atoms with van der Waals surface area (Å²) in [4.78, 5) is 14.8. The van der Waals surface area contributed by atoms with Gasteiger partial charge in [-0.15, -0.1) is 0 Å². The number of Topliss-reactive ketones (excluding diaryl/α,β-unsaturated/α-hetero) is 1. The van der Waals surface area contributed by atoms with E-state index in [0.717, 1.165) is 36.1 Å².